The van der Waals surface area contributed by atoms with Gasteiger partial charge >= 0.3 is 0 Å². The van der Waals surface area contributed by atoms with Gasteiger partial charge in [-0.05, 0) is 25.1 Å². The van der Waals surface area contributed by atoms with Gasteiger partial charge in [-0.25, -0.2) is 0 Å². The van der Waals surface area contributed by atoms with Crippen molar-refractivity contribution < 1.29 is 14.1 Å². The molecule has 0 bridgehead atoms. The first kappa shape index (κ1) is 12.8. The zero-order chi connectivity index (χ0) is 13.8. The molecule has 1 aromatic carbocycles. The molecule has 1 aromatic heterocycles. The third-order valence-electron chi connectivity index (χ3n) is 2.64. The Balaban J connectivity index is 2.12. The fourth-order valence-electron chi connectivity index (χ4n) is 1.65. The van der Waals surface area contributed by atoms with Crippen LogP contribution < -0.4 is 5.32 Å². The summed E-state index contributed by atoms with van der Waals surface area (Å²) in [5, 5.41) is 13.4. The number of rotatable bonds is 4. The van der Waals surface area contributed by atoms with Crippen LogP contribution in [0.2, 0.25) is 0 Å². The molecule has 1 N–H and O–H groups in total. The van der Waals surface area contributed by atoms with Gasteiger partial charge in [0.1, 0.15) is 5.76 Å². The van der Waals surface area contributed by atoms with Crippen LogP contribution in [0.1, 0.15) is 29.1 Å². The van der Waals surface area contributed by atoms with E-state index in [-0.39, 0.29) is 23.2 Å². The summed E-state index contributed by atoms with van der Waals surface area (Å²) < 4.78 is 5.17. The SMILES string of the molecule is C[C@H](NC(=O)c1cccc([N+](=O)[O-])c1)c1ccco1. The zero-order valence-corrected chi connectivity index (χ0v) is 10.2. The molecule has 2 rings (SSSR count). The van der Waals surface area contributed by atoms with Gasteiger partial charge in [-0.15, -0.1) is 0 Å². The highest BCUT2D eigenvalue weighted by Crippen LogP contribution is 2.16. The number of amides is 1. The summed E-state index contributed by atoms with van der Waals surface area (Å²) in [4.78, 5) is 22.1. The fraction of sp³-hybridized carbons (Fsp3) is 0.154. The molecule has 19 heavy (non-hydrogen) atoms. The van der Waals surface area contributed by atoms with E-state index in [0.717, 1.165) is 0 Å². The number of hydrogen-bond donors (Lipinski definition) is 1. The summed E-state index contributed by atoms with van der Waals surface area (Å²) in [5.41, 5.74) is 0.130. The van der Waals surface area contributed by atoms with Crippen LogP contribution in [0.3, 0.4) is 0 Å². The van der Waals surface area contributed by atoms with Gasteiger partial charge in [-0.3, -0.25) is 14.9 Å². The second-order valence-corrected chi connectivity index (χ2v) is 4.02. The highest BCUT2D eigenvalue weighted by Gasteiger charge is 2.15. The predicted molar refractivity (Wildman–Crippen MR) is 67.7 cm³/mol. The molecule has 1 heterocycles. The predicted octanol–water partition coefficient (Wildman–Crippen LogP) is 2.68. The molecule has 0 aliphatic rings. The highest BCUT2D eigenvalue weighted by atomic mass is 16.6. The Morgan fingerprint density at radius 1 is 1.37 bits per heavy atom. The van der Waals surface area contributed by atoms with Crippen LogP contribution in [-0.4, -0.2) is 10.8 Å². The lowest BCUT2D eigenvalue weighted by Gasteiger charge is -2.11. The lowest BCUT2D eigenvalue weighted by atomic mass is 10.1. The van der Waals surface area contributed by atoms with Crippen LogP contribution >= 0.6 is 0 Å². The maximum atomic E-state index is 11.9. The summed E-state index contributed by atoms with van der Waals surface area (Å²) in [6.45, 7) is 1.77. The van der Waals surface area contributed by atoms with E-state index >= 15 is 0 Å². The maximum Gasteiger partial charge on any atom is 0.270 e. The Morgan fingerprint density at radius 3 is 2.79 bits per heavy atom. The molecule has 0 spiro atoms. The van der Waals surface area contributed by atoms with Gasteiger partial charge < -0.3 is 9.73 Å². The van der Waals surface area contributed by atoms with Crippen molar-refractivity contribution >= 4 is 11.6 Å². The van der Waals surface area contributed by atoms with Crippen molar-refractivity contribution in [2.45, 2.75) is 13.0 Å². The molecule has 0 unspecified atom stereocenters. The van der Waals surface area contributed by atoms with Crippen LogP contribution in [0, 0.1) is 10.1 Å². The molecule has 0 fully saturated rings. The number of nitro benzene ring substituents is 1. The zero-order valence-electron chi connectivity index (χ0n) is 10.2. The monoisotopic (exact) mass is 260 g/mol. The fourth-order valence-corrected chi connectivity index (χ4v) is 1.65. The van der Waals surface area contributed by atoms with Gasteiger partial charge in [0.2, 0.25) is 0 Å². The lowest BCUT2D eigenvalue weighted by Crippen LogP contribution is -2.26. The van der Waals surface area contributed by atoms with Crippen molar-refractivity contribution in [1.29, 1.82) is 0 Å². The minimum atomic E-state index is -0.535. The quantitative estimate of drug-likeness (QED) is 0.676. The Hall–Kier alpha value is -2.63. The number of non-ortho nitro benzene ring substituents is 1. The number of carbonyl (C=O) groups excluding carboxylic acids is 1. The smallest absolute Gasteiger partial charge is 0.270 e. The van der Waals surface area contributed by atoms with Gasteiger partial charge in [0, 0.05) is 17.7 Å². The highest BCUT2D eigenvalue weighted by molar-refractivity contribution is 5.95. The third-order valence-corrected chi connectivity index (χ3v) is 2.64. The van der Waals surface area contributed by atoms with E-state index in [1.165, 1.54) is 30.5 Å². The first-order valence-corrected chi connectivity index (χ1v) is 5.66. The van der Waals surface area contributed by atoms with Crippen LogP contribution in [0.25, 0.3) is 0 Å². The lowest BCUT2D eigenvalue weighted by molar-refractivity contribution is -0.384. The Labute approximate surface area is 109 Å². The molecule has 0 aliphatic carbocycles. The van der Waals surface area contributed by atoms with Gasteiger partial charge in [0.15, 0.2) is 0 Å². The molecule has 0 saturated carbocycles. The second kappa shape index (κ2) is 5.34. The molecule has 1 amide bonds. The third kappa shape index (κ3) is 2.98. The van der Waals surface area contributed by atoms with E-state index in [9.17, 15) is 14.9 Å². The minimum Gasteiger partial charge on any atom is -0.467 e. The average Bonchev–Trinajstić information content (AvgIpc) is 2.92. The van der Waals surface area contributed by atoms with E-state index in [1.54, 1.807) is 19.1 Å². The number of hydrogen-bond acceptors (Lipinski definition) is 4. The normalized spacial score (nSPS) is 11.8. The van der Waals surface area contributed by atoms with Crippen molar-refractivity contribution in [3.63, 3.8) is 0 Å². The van der Waals surface area contributed by atoms with Crippen molar-refractivity contribution in [3.05, 3.63) is 64.1 Å². The van der Waals surface area contributed by atoms with Crippen molar-refractivity contribution in [2.75, 3.05) is 0 Å². The first-order valence-electron chi connectivity index (χ1n) is 5.66. The molecular weight excluding hydrogens is 248 g/mol. The van der Waals surface area contributed by atoms with Gasteiger partial charge in [0.25, 0.3) is 11.6 Å². The number of nitro groups is 1. The van der Waals surface area contributed by atoms with Crippen molar-refractivity contribution in [3.8, 4) is 0 Å². The summed E-state index contributed by atoms with van der Waals surface area (Å²) in [5.74, 6) is 0.242. The topological polar surface area (TPSA) is 85.4 Å². The molecule has 6 heteroatoms. The molecule has 0 saturated heterocycles. The number of nitrogens with one attached hydrogen (secondary N) is 1. The Morgan fingerprint density at radius 2 is 2.16 bits per heavy atom. The Bertz CT molecular complexity index is 592. The van der Waals surface area contributed by atoms with E-state index in [1.807, 2.05) is 0 Å². The maximum absolute atomic E-state index is 11.9. The van der Waals surface area contributed by atoms with Crippen molar-refractivity contribution in [1.82, 2.24) is 5.32 Å². The number of furan rings is 1. The van der Waals surface area contributed by atoms with Gasteiger partial charge in [-0.1, -0.05) is 6.07 Å². The largest absolute Gasteiger partial charge is 0.467 e. The van der Waals surface area contributed by atoms with E-state index in [0.29, 0.717) is 5.76 Å². The molecule has 0 aliphatic heterocycles. The summed E-state index contributed by atoms with van der Waals surface area (Å²) in [7, 11) is 0. The van der Waals surface area contributed by atoms with E-state index in [2.05, 4.69) is 5.32 Å². The molecule has 6 nitrogen and oxygen atoms in total. The van der Waals surface area contributed by atoms with Crippen LogP contribution in [0.4, 0.5) is 5.69 Å². The minimum absolute atomic E-state index is 0.113. The van der Waals surface area contributed by atoms with Crippen LogP contribution in [0.15, 0.2) is 47.1 Å². The second-order valence-electron chi connectivity index (χ2n) is 4.02. The van der Waals surface area contributed by atoms with E-state index < -0.39 is 4.92 Å². The molecule has 98 valence electrons. The first-order chi connectivity index (χ1) is 9.08. The van der Waals surface area contributed by atoms with Crippen LogP contribution in [0.5, 0.6) is 0 Å². The Kier molecular flexibility index (Phi) is 3.61. The number of benzene rings is 1. The summed E-state index contributed by atoms with van der Waals surface area (Å²) in [6, 6.07) is 8.75. The summed E-state index contributed by atoms with van der Waals surface area (Å²) in [6.07, 6.45) is 1.52. The van der Waals surface area contributed by atoms with Gasteiger partial charge in [-0.2, -0.15) is 0 Å². The summed E-state index contributed by atoms with van der Waals surface area (Å²) >= 11 is 0. The average molecular weight is 260 g/mol. The number of nitrogens with zero attached hydrogens (tertiary/aromatic N) is 1. The van der Waals surface area contributed by atoms with Crippen molar-refractivity contribution in [2.24, 2.45) is 0 Å². The van der Waals surface area contributed by atoms with E-state index in [4.69, 9.17) is 4.42 Å². The number of carbonyl (C=O) groups is 1. The standard InChI is InChI=1S/C13H12N2O4/c1-9(12-6-3-7-19-12)14-13(16)10-4-2-5-11(8-10)15(17)18/h2-9H,1H3,(H,14,16)/t9-/m0/s1. The molecule has 2 aromatic rings. The van der Waals surface area contributed by atoms with Gasteiger partial charge in [0.05, 0.1) is 17.2 Å². The molecule has 0 radical (unpaired) electrons. The van der Waals surface area contributed by atoms with Crippen LogP contribution in [-0.2, 0) is 0 Å². The molecule has 1 atom stereocenters. The molecular formula is C13H12N2O4.